The summed E-state index contributed by atoms with van der Waals surface area (Å²) in [5.41, 5.74) is 5.49. The Labute approximate surface area is 171 Å². The standard InChI is InChI=1S/C23H25FN2O2S/c1-3-29(27,28)25-13-11-19(12-14-25)23-17(2)26(22-10-5-4-9-21(22)23)16-18-7-6-8-20(24)15-18/h4-11,15H,3,12-14,16H2,1-2H3. The van der Waals surface area contributed by atoms with Crippen LogP contribution in [0.3, 0.4) is 0 Å². The molecular weight excluding hydrogens is 387 g/mol. The molecule has 0 unspecified atom stereocenters. The quantitative estimate of drug-likeness (QED) is 0.616. The largest absolute Gasteiger partial charge is 0.340 e. The highest BCUT2D eigenvalue weighted by molar-refractivity contribution is 7.89. The second-order valence-corrected chi connectivity index (χ2v) is 9.69. The average Bonchev–Trinajstić information content (AvgIpc) is 3.00. The molecule has 29 heavy (non-hydrogen) atoms. The molecule has 4 rings (SSSR count). The molecule has 4 nitrogen and oxygen atoms in total. The van der Waals surface area contributed by atoms with Gasteiger partial charge in [-0.3, -0.25) is 0 Å². The van der Waals surface area contributed by atoms with E-state index < -0.39 is 10.0 Å². The molecule has 6 heteroatoms. The van der Waals surface area contributed by atoms with Crippen molar-refractivity contribution in [3.63, 3.8) is 0 Å². The molecular formula is C23H25FN2O2S. The number of nitrogens with zero attached hydrogens (tertiary/aromatic N) is 2. The highest BCUT2D eigenvalue weighted by atomic mass is 32.2. The molecule has 1 aliphatic rings. The van der Waals surface area contributed by atoms with Gasteiger partial charge in [0.15, 0.2) is 0 Å². The van der Waals surface area contributed by atoms with Gasteiger partial charge in [-0.1, -0.05) is 36.4 Å². The number of hydrogen-bond donors (Lipinski definition) is 0. The van der Waals surface area contributed by atoms with Crippen molar-refractivity contribution in [1.29, 1.82) is 0 Å². The van der Waals surface area contributed by atoms with Crippen molar-refractivity contribution in [2.75, 3.05) is 18.8 Å². The number of halogens is 1. The maximum atomic E-state index is 13.7. The Bertz CT molecular complexity index is 1190. The zero-order chi connectivity index (χ0) is 20.6. The van der Waals surface area contributed by atoms with E-state index in [1.165, 1.54) is 17.2 Å². The van der Waals surface area contributed by atoms with E-state index in [2.05, 4.69) is 23.6 Å². The Balaban J connectivity index is 1.76. The van der Waals surface area contributed by atoms with Crippen LogP contribution in [0.5, 0.6) is 0 Å². The lowest BCUT2D eigenvalue weighted by Gasteiger charge is -2.25. The van der Waals surface area contributed by atoms with Crippen molar-refractivity contribution in [3.8, 4) is 0 Å². The van der Waals surface area contributed by atoms with Crippen molar-refractivity contribution in [2.24, 2.45) is 0 Å². The van der Waals surface area contributed by atoms with E-state index in [-0.39, 0.29) is 11.6 Å². The molecule has 0 radical (unpaired) electrons. The van der Waals surface area contributed by atoms with Gasteiger partial charge in [0.2, 0.25) is 10.0 Å². The summed E-state index contributed by atoms with van der Waals surface area (Å²) in [6.07, 6.45) is 2.73. The van der Waals surface area contributed by atoms with Crippen LogP contribution in [0.25, 0.3) is 16.5 Å². The highest BCUT2D eigenvalue weighted by Crippen LogP contribution is 2.35. The highest BCUT2D eigenvalue weighted by Gasteiger charge is 2.25. The zero-order valence-corrected chi connectivity index (χ0v) is 17.5. The van der Waals surface area contributed by atoms with Crippen LogP contribution in [0.2, 0.25) is 0 Å². The molecule has 1 aliphatic heterocycles. The fourth-order valence-electron chi connectivity index (χ4n) is 4.17. The van der Waals surface area contributed by atoms with Crippen LogP contribution in [-0.2, 0) is 16.6 Å². The molecule has 0 bridgehead atoms. The summed E-state index contributed by atoms with van der Waals surface area (Å²) < 4.78 is 41.8. The number of rotatable bonds is 5. The second-order valence-electron chi connectivity index (χ2n) is 7.43. The third-order valence-corrected chi connectivity index (χ3v) is 7.56. The molecule has 1 aromatic heterocycles. The number of sulfonamides is 1. The molecule has 0 saturated carbocycles. The van der Waals surface area contributed by atoms with Gasteiger partial charge in [0.05, 0.1) is 5.75 Å². The maximum Gasteiger partial charge on any atom is 0.214 e. The first-order valence-corrected chi connectivity index (χ1v) is 11.5. The van der Waals surface area contributed by atoms with Gasteiger partial charge >= 0.3 is 0 Å². The number of para-hydroxylation sites is 1. The minimum Gasteiger partial charge on any atom is -0.340 e. The van der Waals surface area contributed by atoms with E-state index in [1.54, 1.807) is 23.4 Å². The van der Waals surface area contributed by atoms with Gasteiger partial charge in [0, 0.05) is 41.8 Å². The molecule has 152 valence electrons. The summed E-state index contributed by atoms with van der Waals surface area (Å²) in [5, 5.41) is 1.15. The van der Waals surface area contributed by atoms with Crippen molar-refractivity contribution in [1.82, 2.24) is 8.87 Å². The predicted octanol–water partition coefficient (Wildman–Crippen LogP) is 4.58. The summed E-state index contributed by atoms with van der Waals surface area (Å²) in [6.45, 7) is 5.27. The molecule has 0 atom stereocenters. The number of aromatic nitrogens is 1. The first kappa shape index (κ1) is 19.9. The molecule has 0 N–H and O–H groups in total. The minimum absolute atomic E-state index is 0.127. The normalized spacial score (nSPS) is 15.6. The molecule has 0 fully saturated rings. The Morgan fingerprint density at radius 3 is 2.59 bits per heavy atom. The number of hydrogen-bond acceptors (Lipinski definition) is 2. The molecule has 2 aromatic carbocycles. The van der Waals surface area contributed by atoms with Gasteiger partial charge in [-0.25, -0.2) is 12.8 Å². The lowest BCUT2D eigenvalue weighted by molar-refractivity contribution is 0.442. The van der Waals surface area contributed by atoms with E-state index in [0.717, 1.165) is 22.2 Å². The van der Waals surface area contributed by atoms with Crippen LogP contribution < -0.4 is 0 Å². The average molecular weight is 413 g/mol. The summed E-state index contributed by atoms with van der Waals surface area (Å²) in [7, 11) is -3.17. The van der Waals surface area contributed by atoms with E-state index in [9.17, 15) is 12.8 Å². The van der Waals surface area contributed by atoms with Crippen molar-refractivity contribution < 1.29 is 12.8 Å². The Kier molecular flexibility index (Phi) is 5.32. The maximum absolute atomic E-state index is 13.7. The lowest BCUT2D eigenvalue weighted by Crippen LogP contribution is -2.35. The monoisotopic (exact) mass is 412 g/mol. The van der Waals surface area contributed by atoms with Gasteiger partial charge in [-0.15, -0.1) is 0 Å². The summed E-state index contributed by atoms with van der Waals surface area (Å²) >= 11 is 0. The zero-order valence-electron chi connectivity index (χ0n) is 16.7. The predicted molar refractivity (Wildman–Crippen MR) is 116 cm³/mol. The van der Waals surface area contributed by atoms with Crippen molar-refractivity contribution in [2.45, 2.75) is 26.8 Å². The third-order valence-electron chi connectivity index (χ3n) is 5.71. The summed E-state index contributed by atoms with van der Waals surface area (Å²) in [4.78, 5) is 0. The van der Waals surface area contributed by atoms with E-state index in [0.29, 0.717) is 26.1 Å². The van der Waals surface area contributed by atoms with Gasteiger partial charge in [-0.2, -0.15) is 4.31 Å². The van der Waals surface area contributed by atoms with Gasteiger partial charge < -0.3 is 4.57 Å². The molecule has 0 amide bonds. The Hall–Kier alpha value is -2.44. The molecule has 3 aromatic rings. The molecule has 0 saturated heterocycles. The van der Waals surface area contributed by atoms with Gasteiger partial charge in [-0.05, 0) is 49.6 Å². The summed E-state index contributed by atoms with van der Waals surface area (Å²) in [5.74, 6) is -0.105. The van der Waals surface area contributed by atoms with Crippen LogP contribution in [-0.4, -0.2) is 36.1 Å². The van der Waals surface area contributed by atoms with Crippen LogP contribution in [0.15, 0.2) is 54.6 Å². The topological polar surface area (TPSA) is 42.3 Å². The smallest absolute Gasteiger partial charge is 0.214 e. The fourth-order valence-corrected chi connectivity index (χ4v) is 5.21. The lowest BCUT2D eigenvalue weighted by atomic mass is 9.97. The van der Waals surface area contributed by atoms with Crippen LogP contribution in [0.1, 0.15) is 30.2 Å². The second kappa shape index (κ2) is 7.76. The van der Waals surface area contributed by atoms with Crippen LogP contribution in [0.4, 0.5) is 4.39 Å². The molecule has 0 spiro atoms. The third kappa shape index (κ3) is 3.74. The fraction of sp³-hybridized carbons (Fsp3) is 0.304. The minimum atomic E-state index is -3.17. The number of fused-ring (bicyclic) bond motifs is 1. The van der Waals surface area contributed by atoms with Crippen molar-refractivity contribution >= 4 is 26.5 Å². The van der Waals surface area contributed by atoms with Gasteiger partial charge in [0.25, 0.3) is 0 Å². The van der Waals surface area contributed by atoms with Crippen LogP contribution in [0, 0.1) is 12.7 Å². The molecule has 2 heterocycles. The van der Waals surface area contributed by atoms with E-state index in [1.807, 2.05) is 24.3 Å². The van der Waals surface area contributed by atoms with Crippen LogP contribution >= 0.6 is 0 Å². The Morgan fingerprint density at radius 1 is 1.10 bits per heavy atom. The Morgan fingerprint density at radius 2 is 1.90 bits per heavy atom. The first-order valence-electron chi connectivity index (χ1n) is 9.90. The van der Waals surface area contributed by atoms with Crippen molar-refractivity contribution in [3.05, 3.63) is 77.2 Å². The molecule has 0 aliphatic carbocycles. The SMILES string of the molecule is CCS(=O)(=O)N1CC=C(c2c(C)n(Cc3cccc(F)c3)c3ccccc23)CC1. The number of benzene rings is 2. The van der Waals surface area contributed by atoms with E-state index in [4.69, 9.17) is 0 Å². The van der Waals surface area contributed by atoms with E-state index >= 15 is 0 Å². The first-order chi connectivity index (χ1) is 13.9. The summed E-state index contributed by atoms with van der Waals surface area (Å²) in [6, 6.07) is 14.9. The van der Waals surface area contributed by atoms with Gasteiger partial charge in [0.1, 0.15) is 5.82 Å².